The predicted octanol–water partition coefficient (Wildman–Crippen LogP) is 5.59. The van der Waals surface area contributed by atoms with Crippen LogP contribution in [-0.4, -0.2) is 112 Å². The molecule has 0 radical (unpaired) electrons. The summed E-state index contributed by atoms with van der Waals surface area (Å²) in [7, 11) is 0. The zero-order chi connectivity index (χ0) is 44.3. The Labute approximate surface area is 367 Å². The molecule has 3 atom stereocenters. The number of likely N-dealkylation sites (tertiary alicyclic amines) is 1. The molecule has 3 fully saturated rings. The van der Waals surface area contributed by atoms with Gasteiger partial charge in [0.2, 0.25) is 5.91 Å². The first-order chi connectivity index (χ1) is 30.6. The number of Topliss-reactive ketones (excluding diaryl/α,β-unsaturated/α-hetero) is 2. The number of aromatic hydroxyl groups is 1. The first-order valence-corrected chi connectivity index (χ1v) is 22.4. The van der Waals surface area contributed by atoms with Crippen molar-refractivity contribution < 1.29 is 38.7 Å². The Morgan fingerprint density at radius 2 is 1.52 bits per heavy atom. The number of piperazine rings is 1. The number of ketones is 3. The lowest BCUT2D eigenvalue weighted by molar-refractivity contribution is -0.132. The van der Waals surface area contributed by atoms with Crippen molar-refractivity contribution in [2.75, 3.05) is 42.9 Å². The molecule has 2 aromatic carbocycles. The molecule has 3 aliphatic heterocycles. The molecule has 4 N–H and O–H groups in total. The van der Waals surface area contributed by atoms with Crippen LogP contribution in [0.4, 0.5) is 11.5 Å². The Balaban J connectivity index is 0.684. The summed E-state index contributed by atoms with van der Waals surface area (Å²) in [5.74, 6) is -1.03. The molecular formula is C48H57N7O8. The third-order valence-corrected chi connectivity index (χ3v) is 12.5. The van der Waals surface area contributed by atoms with Gasteiger partial charge in [-0.15, -0.1) is 0 Å². The van der Waals surface area contributed by atoms with Gasteiger partial charge < -0.3 is 30.9 Å². The lowest BCUT2D eigenvalue weighted by atomic mass is 9.92. The van der Waals surface area contributed by atoms with E-state index in [1.807, 2.05) is 18.3 Å². The molecule has 15 heteroatoms. The Kier molecular flexibility index (Phi) is 15.0. The molecule has 4 heterocycles. The Morgan fingerprint density at radius 3 is 2.25 bits per heavy atom. The standard InChI is InChI=1S/C48H57N7O8/c56-35-19-20-39(42(59)28-35)55-47(62)37-14-12-15-38(45(37)48(55)63)49-23-9-3-1-2-6-17-44(60)50-24-10-4-5-11-25-51-46(61)32-18-21-43(52-29-32)54-31-33-27-34(54)30-53(33)26-22-41(58)36-13-7-8-16-40(36)57/h7-8,12-16,18,21-22,26,29,33-34,39,49,57H,1-6,9-11,17,19-20,23-25,27-28,30-31H2,(H,50,60)(H,51,61)/b26-22+/t33-,34-,39?/m1/s1. The Morgan fingerprint density at radius 1 is 0.778 bits per heavy atom. The van der Waals surface area contributed by atoms with Gasteiger partial charge in [-0.05, 0) is 74.9 Å². The largest absolute Gasteiger partial charge is 0.507 e. The number of hydrogen-bond acceptors (Lipinski definition) is 12. The van der Waals surface area contributed by atoms with Crippen LogP contribution < -0.4 is 20.9 Å². The average Bonchev–Trinajstić information content (AvgIpc) is 3.96. The number of amides is 4. The summed E-state index contributed by atoms with van der Waals surface area (Å²) in [6.45, 7) is 3.36. The van der Waals surface area contributed by atoms with E-state index in [2.05, 4.69) is 30.7 Å². The van der Waals surface area contributed by atoms with E-state index in [0.29, 0.717) is 37.3 Å². The number of aromatic nitrogens is 1. The van der Waals surface area contributed by atoms with Gasteiger partial charge in [-0.1, -0.05) is 50.3 Å². The van der Waals surface area contributed by atoms with E-state index in [9.17, 15) is 38.7 Å². The van der Waals surface area contributed by atoms with Gasteiger partial charge in [0.1, 0.15) is 17.4 Å². The number of carbonyl (C=O) groups is 7. The first kappa shape index (κ1) is 44.7. The number of benzene rings is 2. The molecule has 15 nitrogen and oxygen atoms in total. The number of rotatable bonds is 22. The van der Waals surface area contributed by atoms with Gasteiger partial charge in [0.15, 0.2) is 11.6 Å². The number of hydrogen-bond donors (Lipinski definition) is 4. The fourth-order valence-electron chi connectivity index (χ4n) is 9.04. The van der Waals surface area contributed by atoms with Crippen LogP contribution in [0.25, 0.3) is 0 Å². The Bertz CT molecular complexity index is 2230. The number of imide groups is 1. The van der Waals surface area contributed by atoms with Crippen molar-refractivity contribution in [1.29, 1.82) is 0 Å². The summed E-state index contributed by atoms with van der Waals surface area (Å²) in [5, 5.41) is 19.2. The summed E-state index contributed by atoms with van der Waals surface area (Å²) in [4.78, 5) is 98.2. The lowest BCUT2D eigenvalue weighted by Crippen LogP contribution is -2.47. The van der Waals surface area contributed by atoms with Crippen molar-refractivity contribution in [3.8, 4) is 5.75 Å². The fourth-order valence-corrected chi connectivity index (χ4v) is 9.04. The number of para-hydroxylation sites is 1. The summed E-state index contributed by atoms with van der Waals surface area (Å²) in [6, 6.07) is 15.0. The van der Waals surface area contributed by atoms with Gasteiger partial charge in [-0.25, -0.2) is 4.98 Å². The highest BCUT2D eigenvalue weighted by Crippen LogP contribution is 2.35. The number of fused-ring (bicyclic) bond motifs is 3. The lowest BCUT2D eigenvalue weighted by Gasteiger charge is -2.34. The van der Waals surface area contributed by atoms with Crippen molar-refractivity contribution in [2.24, 2.45) is 0 Å². The van der Waals surface area contributed by atoms with Gasteiger partial charge in [-0.3, -0.25) is 38.5 Å². The summed E-state index contributed by atoms with van der Waals surface area (Å²) in [6.07, 6.45) is 14.7. The van der Waals surface area contributed by atoms with Crippen molar-refractivity contribution in [1.82, 2.24) is 25.4 Å². The maximum Gasteiger partial charge on any atom is 0.264 e. The SMILES string of the molecule is O=C1CCC(N2C(=O)c3cccc(NCCCCCCCC(=O)NCCCCCCNC(=O)c4ccc(N5C[C@H]6C[C@@H]5CN6/C=C/C(=O)c5ccccc5O)nc4)c3C2=O)C(=O)C1. The number of phenols is 1. The van der Waals surface area contributed by atoms with Crippen molar-refractivity contribution in [2.45, 2.75) is 108 Å². The first-order valence-electron chi connectivity index (χ1n) is 22.4. The molecular weight excluding hydrogens is 803 g/mol. The van der Waals surface area contributed by atoms with E-state index in [4.69, 9.17) is 0 Å². The van der Waals surface area contributed by atoms with Crippen LogP contribution in [-0.2, 0) is 14.4 Å². The topological polar surface area (TPSA) is 198 Å². The minimum absolute atomic E-state index is 0.0242. The monoisotopic (exact) mass is 859 g/mol. The molecule has 332 valence electrons. The fraction of sp³-hybridized carbons (Fsp3) is 0.458. The van der Waals surface area contributed by atoms with Gasteiger partial charge in [0, 0.05) is 81.8 Å². The number of anilines is 2. The third kappa shape index (κ3) is 11.0. The highest BCUT2D eigenvalue weighted by atomic mass is 16.3. The van der Waals surface area contributed by atoms with Crippen LogP contribution in [0.5, 0.6) is 5.75 Å². The molecule has 3 aromatic rings. The van der Waals surface area contributed by atoms with Crippen molar-refractivity contribution in [3.05, 3.63) is 95.3 Å². The van der Waals surface area contributed by atoms with Crippen LogP contribution in [0.3, 0.4) is 0 Å². The predicted molar refractivity (Wildman–Crippen MR) is 237 cm³/mol. The van der Waals surface area contributed by atoms with Crippen LogP contribution in [0.1, 0.15) is 131 Å². The van der Waals surface area contributed by atoms with E-state index in [-0.39, 0.29) is 83.0 Å². The molecule has 0 spiro atoms. The van der Waals surface area contributed by atoms with Gasteiger partial charge >= 0.3 is 0 Å². The Hall–Kier alpha value is -6.38. The zero-order valence-corrected chi connectivity index (χ0v) is 35.7. The summed E-state index contributed by atoms with van der Waals surface area (Å²) < 4.78 is 0. The molecule has 1 aliphatic carbocycles. The van der Waals surface area contributed by atoms with Crippen LogP contribution >= 0.6 is 0 Å². The number of nitrogens with one attached hydrogen (secondary N) is 3. The van der Waals surface area contributed by atoms with Gasteiger partial charge in [0.05, 0.1) is 34.7 Å². The molecule has 7 rings (SSSR count). The minimum atomic E-state index is -0.888. The van der Waals surface area contributed by atoms with Crippen molar-refractivity contribution >= 4 is 52.5 Å². The van der Waals surface area contributed by atoms with E-state index < -0.39 is 17.9 Å². The molecule has 4 aliphatic rings. The van der Waals surface area contributed by atoms with Gasteiger partial charge in [0.25, 0.3) is 17.7 Å². The number of pyridine rings is 1. The van der Waals surface area contributed by atoms with Crippen LogP contribution in [0, 0.1) is 0 Å². The zero-order valence-electron chi connectivity index (χ0n) is 35.7. The quantitative estimate of drug-likeness (QED) is 0.0322. The smallest absolute Gasteiger partial charge is 0.264 e. The normalized spacial score (nSPS) is 19.3. The second kappa shape index (κ2) is 21.1. The third-order valence-electron chi connectivity index (χ3n) is 12.5. The molecule has 2 bridgehead atoms. The molecule has 1 aromatic heterocycles. The van der Waals surface area contributed by atoms with Crippen LogP contribution in [0.15, 0.2) is 73.1 Å². The van der Waals surface area contributed by atoms with E-state index in [0.717, 1.165) is 88.0 Å². The second-order valence-electron chi connectivity index (χ2n) is 16.9. The number of nitrogens with zero attached hydrogens (tertiary/aromatic N) is 4. The summed E-state index contributed by atoms with van der Waals surface area (Å²) >= 11 is 0. The van der Waals surface area contributed by atoms with E-state index >= 15 is 0 Å². The number of phenolic OH excluding ortho intramolecular Hbond substituents is 1. The number of allylic oxidation sites excluding steroid dienone is 1. The van der Waals surface area contributed by atoms with E-state index in [1.54, 1.807) is 42.6 Å². The van der Waals surface area contributed by atoms with Gasteiger partial charge in [-0.2, -0.15) is 0 Å². The maximum absolute atomic E-state index is 13.3. The highest BCUT2D eigenvalue weighted by molar-refractivity contribution is 6.25. The van der Waals surface area contributed by atoms with E-state index in [1.165, 1.54) is 12.1 Å². The number of carbonyl (C=O) groups excluding carboxylic acids is 7. The highest BCUT2D eigenvalue weighted by Gasteiger charge is 2.45. The summed E-state index contributed by atoms with van der Waals surface area (Å²) in [5.41, 5.74) is 1.94. The average molecular weight is 860 g/mol. The molecule has 2 saturated heterocycles. The molecule has 63 heavy (non-hydrogen) atoms. The molecule has 1 unspecified atom stereocenters. The molecule has 1 saturated carbocycles. The minimum Gasteiger partial charge on any atom is -0.507 e. The van der Waals surface area contributed by atoms with Crippen molar-refractivity contribution in [3.63, 3.8) is 0 Å². The number of unbranched alkanes of at least 4 members (excludes halogenated alkanes) is 7. The maximum atomic E-state index is 13.3. The van der Waals surface area contributed by atoms with Crippen LogP contribution in [0.2, 0.25) is 0 Å². The second-order valence-corrected chi connectivity index (χ2v) is 16.9. The molecule has 4 amide bonds.